The van der Waals surface area contributed by atoms with Crippen molar-refractivity contribution in [1.82, 2.24) is 19.6 Å². The lowest BCUT2D eigenvalue weighted by atomic mass is 9.99. The van der Waals surface area contributed by atoms with E-state index in [0.29, 0.717) is 13.0 Å². The molecule has 1 saturated heterocycles. The Bertz CT molecular complexity index is 1140. The largest absolute Gasteiger partial charge is 0.468 e. The maximum absolute atomic E-state index is 14.3. The molecule has 0 bridgehead atoms. The molecule has 12 heteroatoms. The molecule has 1 amide bonds. The average molecular weight is 517 g/mol. The van der Waals surface area contributed by atoms with Crippen LogP contribution in [0.4, 0.5) is 17.6 Å². The number of methoxy groups -OCH3 is 1. The highest BCUT2D eigenvalue weighted by atomic mass is 35.5. The number of ether oxygens (including phenoxy) is 1. The van der Waals surface area contributed by atoms with E-state index in [4.69, 9.17) is 16.3 Å². The summed E-state index contributed by atoms with van der Waals surface area (Å²) < 4.78 is 61.3. The Morgan fingerprint density at radius 3 is 2.69 bits per heavy atom. The van der Waals surface area contributed by atoms with Gasteiger partial charge in [0.15, 0.2) is 5.69 Å². The van der Waals surface area contributed by atoms with Crippen LogP contribution in [0.25, 0.3) is 0 Å². The van der Waals surface area contributed by atoms with Gasteiger partial charge in [-0.1, -0.05) is 17.7 Å². The summed E-state index contributed by atoms with van der Waals surface area (Å²) in [5.74, 6) is -1.29. The molecule has 3 heterocycles. The molecule has 2 unspecified atom stereocenters. The number of likely N-dealkylation sites (tertiary alicyclic amines) is 1. The summed E-state index contributed by atoms with van der Waals surface area (Å²) in [5.41, 5.74) is -0.600. The number of aromatic nitrogens is 2. The summed E-state index contributed by atoms with van der Waals surface area (Å²) in [4.78, 5) is 28.3. The van der Waals surface area contributed by atoms with E-state index < -0.39 is 23.7 Å². The van der Waals surface area contributed by atoms with E-state index in [1.54, 1.807) is 7.05 Å². The number of alkyl halides is 3. The van der Waals surface area contributed by atoms with Gasteiger partial charge < -0.3 is 9.64 Å². The Hall–Kier alpha value is -2.66. The molecular weight excluding hydrogens is 492 g/mol. The molecule has 1 aromatic carbocycles. The number of benzene rings is 1. The first kappa shape index (κ1) is 25.4. The van der Waals surface area contributed by atoms with Gasteiger partial charge in [0.1, 0.15) is 11.9 Å². The minimum atomic E-state index is -4.67. The van der Waals surface area contributed by atoms with E-state index in [0.717, 1.165) is 10.7 Å². The number of nitrogens with zero attached hydrogens (tertiary/aromatic N) is 4. The quantitative estimate of drug-likeness (QED) is 0.449. The van der Waals surface area contributed by atoms with Crippen molar-refractivity contribution in [2.45, 2.75) is 44.6 Å². The molecule has 0 aliphatic carbocycles. The van der Waals surface area contributed by atoms with Crippen LogP contribution in [0, 0.1) is 11.7 Å². The zero-order valence-electron chi connectivity index (χ0n) is 19.2. The highest BCUT2D eigenvalue weighted by Gasteiger charge is 2.42. The lowest BCUT2D eigenvalue weighted by Crippen LogP contribution is -2.38. The number of halogens is 5. The van der Waals surface area contributed by atoms with E-state index in [9.17, 15) is 27.2 Å². The van der Waals surface area contributed by atoms with Gasteiger partial charge in [-0.3, -0.25) is 19.2 Å². The van der Waals surface area contributed by atoms with Crippen LogP contribution >= 0.6 is 11.6 Å². The maximum Gasteiger partial charge on any atom is 0.435 e. The van der Waals surface area contributed by atoms with Crippen molar-refractivity contribution in [2.24, 2.45) is 5.92 Å². The third-order valence-electron chi connectivity index (χ3n) is 6.67. The van der Waals surface area contributed by atoms with Crippen molar-refractivity contribution >= 4 is 23.5 Å². The number of hydrogen-bond acceptors (Lipinski definition) is 5. The molecule has 2 atom stereocenters. The summed E-state index contributed by atoms with van der Waals surface area (Å²) in [6.07, 6.45) is -4.04. The third-order valence-corrected chi connectivity index (χ3v) is 6.90. The molecule has 0 N–H and O–H groups in total. The summed E-state index contributed by atoms with van der Waals surface area (Å²) in [5, 5.41) is 3.94. The van der Waals surface area contributed by atoms with E-state index in [1.165, 1.54) is 24.1 Å². The molecule has 7 nitrogen and oxygen atoms in total. The maximum atomic E-state index is 14.3. The third kappa shape index (κ3) is 5.30. The van der Waals surface area contributed by atoms with Crippen LogP contribution in [0.1, 0.15) is 35.4 Å². The molecule has 2 aliphatic rings. The Kier molecular flexibility index (Phi) is 7.10. The van der Waals surface area contributed by atoms with Gasteiger partial charge in [-0.15, -0.1) is 0 Å². The van der Waals surface area contributed by atoms with Crippen molar-refractivity contribution in [1.29, 1.82) is 0 Å². The lowest BCUT2D eigenvalue weighted by molar-refractivity contribution is -0.145. The number of carbonyl (C=O) groups excluding carboxylic acids is 2. The first-order valence-corrected chi connectivity index (χ1v) is 11.5. The number of hydrogen-bond donors (Lipinski definition) is 0. The Morgan fingerprint density at radius 2 is 2.03 bits per heavy atom. The molecule has 35 heavy (non-hydrogen) atoms. The lowest BCUT2D eigenvalue weighted by Gasteiger charge is -2.29. The Morgan fingerprint density at radius 1 is 1.29 bits per heavy atom. The highest BCUT2D eigenvalue weighted by Crippen LogP contribution is 2.36. The number of likely N-dealkylation sites (N-methyl/N-ethyl adjacent to an activating group) is 1. The molecular formula is C23H25ClF4N4O3. The van der Waals surface area contributed by atoms with Crippen molar-refractivity contribution in [3.05, 3.63) is 51.6 Å². The topological polar surface area (TPSA) is 67.7 Å². The first-order chi connectivity index (χ1) is 16.5. The molecule has 0 radical (unpaired) electrons. The summed E-state index contributed by atoms with van der Waals surface area (Å²) >= 11 is 5.78. The van der Waals surface area contributed by atoms with Crippen LogP contribution in [0.3, 0.4) is 0 Å². The molecule has 1 fully saturated rings. The molecule has 2 aromatic rings. The van der Waals surface area contributed by atoms with Gasteiger partial charge in [-0.25, -0.2) is 4.39 Å². The number of esters is 1. The summed E-state index contributed by atoms with van der Waals surface area (Å²) in [6.45, 7) is 0.378. The van der Waals surface area contributed by atoms with Crippen LogP contribution in [-0.4, -0.2) is 64.7 Å². The van der Waals surface area contributed by atoms with E-state index in [1.807, 2.05) is 4.90 Å². The second-order valence-electron chi connectivity index (χ2n) is 9.01. The fourth-order valence-electron chi connectivity index (χ4n) is 4.90. The highest BCUT2D eigenvalue weighted by molar-refractivity contribution is 6.30. The summed E-state index contributed by atoms with van der Waals surface area (Å²) in [6, 6.07) is 3.53. The molecule has 1 aromatic heterocycles. The zero-order chi connectivity index (χ0) is 25.5. The van der Waals surface area contributed by atoms with Gasteiger partial charge >= 0.3 is 12.1 Å². The van der Waals surface area contributed by atoms with Crippen molar-refractivity contribution in [3.8, 4) is 0 Å². The number of fused-ring (bicyclic) bond motifs is 1. The molecule has 0 saturated carbocycles. The van der Waals surface area contributed by atoms with Gasteiger partial charge in [0, 0.05) is 35.7 Å². The monoisotopic (exact) mass is 516 g/mol. The fourth-order valence-corrected chi connectivity index (χ4v) is 5.06. The zero-order valence-corrected chi connectivity index (χ0v) is 20.0. The number of rotatable bonds is 5. The van der Waals surface area contributed by atoms with Gasteiger partial charge in [0.25, 0.3) is 0 Å². The second-order valence-corrected chi connectivity index (χ2v) is 9.45. The van der Waals surface area contributed by atoms with Crippen molar-refractivity contribution in [2.75, 3.05) is 27.2 Å². The Balaban J connectivity index is 1.53. The van der Waals surface area contributed by atoms with Crippen molar-refractivity contribution < 1.29 is 31.9 Å². The standard InChI is InChI=1S/C23H25ClF4N4O3/c1-30-10-13(7-18(30)22(34)35-2)8-20(33)31-6-5-16-19(12-31)32(29-21(16)23(26,27)28)11-14-3-4-15(24)9-17(14)25/h3-4,9,13,18H,5-8,10-12H2,1-2H3. The average Bonchev–Trinajstić information content (AvgIpc) is 3.34. The molecule has 2 aliphatic heterocycles. The predicted molar refractivity (Wildman–Crippen MR) is 118 cm³/mol. The molecule has 4 rings (SSSR count). The number of amides is 1. The van der Waals surface area contributed by atoms with E-state index in [-0.39, 0.29) is 72.1 Å². The van der Waals surface area contributed by atoms with Crippen molar-refractivity contribution in [3.63, 3.8) is 0 Å². The molecule has 0 spiro atoms. The van der Waals surface area contributed by atoms with Crippen LogP contribution < -0.4 is 0 Å². The van der Waals surface area contributed by atoms with E-state index >= 15 is 0 Å². The van der Waals surface area contributed by atoms with Gasteiger partial charge in [0.2, 0.25) is 5.91 Å². The summed E-state index contributed by atoms with van der Waals surface area (Å²) in [7, 11) is 3.10. The number of carbonyl (C=O) groups is 2. The SMILES string of the molecule is COC(=O)C1CC(CC(=O)N2CCc3c(C(F)(F)F)nn(Cc4ccc(Cl)cc4F)c3C2)CN1C. The van der Waals surface area contributed by atoms with Gasteiger partial charge in [0.05, 0.1) is 25.9 Å². The van der Waals surface area contributed by atoms with Crippen LogP contribution in [-0.2, 0) is 40.0 Å². The van der Waals surface area contributed by atoms with Crippen LogP contribution in [0.15, 0.2) is 18.2 Å². The first-order valence-electron chi connectivity index (χ1n) is 11.1. The van der Waals surface area contributed by atoms with Crippen LogP contribution in [0.2, 0.25) is 5.02 Å². The normalized spacial score (nSPS) is 20.7. The van der Waals surface area contributed by atoms with E-state index in [2.05, 4.69) is 5.10 Å². The Labute approximate surface area is 204 Å². The predicted octanol–water partition coefficient (Wildman–Crippen LogP) is 3.51. The second kappa shape index (κ2) is 9.77. The van der Waals surface area contributed by atoms with Crippen LogP contribution in [0.5, 0.6) is 0 Å². The smallest absolute Gasteiger partial charge is 0.435 e. The van der Waals surface area contributed by atoms with Gasteiger partial charge in [-0.05, 0) is 37.9 Å². The van der Waals surface area contributed by atoms with Gasteiger partial charge in [-0.2, -0.15) is 18.3 Å². The minimum Gasteiger partial charge on any atom is -0.468 e. The minimum absolute atomic E-state index is 0.00558. The fraction of sp³-hybridized carbons (Fsp3) is 0.522. The molecule has 190 valence electrons.